The number of thiazole rings is 1. The molecule has 0 unspecified atom stereocenters. The molecule has 0 aliphatic rings. The number of carboxylic acid groups (broad SMARTS) is 1. The van der Waals surface area contributed by atoms with Gasteiger partial charge in [-0.3, -0.25) is 0 Å². The van der Waals surface area contributed by atoms with E-state index < -0.39 is 12.4 Å². The summed E-state index contributed by atoms with van der Waals surface area (Å²) in [4.78, 5) is 15.8. The molecule has 3 nitrogen and oxygen atoms in total. The summed E-state index contributed by atoms with van der Waals surface area (Å²) in [6.45, 7) is 3.95. The number of benzene rings is 1. The van der Waals surface area contributed by atoms with Crippen molar-refractivity contribution in [3.63, 3.8) is 0 Å². The fraction of sp³-hybridized carbons (Fsp3) is 0.333. The van der Waals surface area contributed by atoms with E-state index in [2.05, 4.69) is 4.98 Å². The van der Waals surface area contributed by atoms with E-state index in [1.165, 1.54) is 18.2 Å². The number of alkyl halides is 2. The minimum atomic E-state index is -2.56. The average Bonchev–Trinajstić information content (AvgIpc) is 2.82. The zero-order chi connectivity index (χ0) is 15.6. The fourth-order valence-corrected chi connectivity index (χ4v) is 2.90. The highest BCUT2D eigenvalue weighted by molar-refractivity contribution is 7.17. The molecule has 112 valence electrons. The molecule has 2 aromatic rings. The Morgan fingerprint density at radius 1 is 1.38 bits per heavy atom. The van der Waals surface area contributed by atoms with Gasteiger partial charge in [-0.2, -0.15) is 0 Å². The van der Waals surface area contributed by atoms with Crippen LogP contribution in [-0.4, -0.2) is 16.1 Å². The van der Waals surface area contributed by atoms with Gasteiger partial charge in [0.05, 0.1) is 5.69 Å². The molecule has 1 heterocycles. The van der Waals surface area contributed by atoms with E-state index in [1.807, 2.05) is 13.8 Å². The van der Waals surface area contributed by atoms with Crippen molar-refractivity contribution < 1.29 is 18.7 Å². The van der Waals surface area contributed by atoms with E-state index >= 15 is 0 Å². The lowest BCUT2D eigenvalue weighted by molar-refractivity contribution is 0.0700. The molecule has 0 saturated carbocycles. The van der Waals surface area contributed by atoms with Crippen LogP contribution in [0.25, 0.3) is 10.6 Å². The molecule has 0 radical (unpaired) electrons. The van der Waals surface area contributed by atoms with E-state index in [9.17, 15) is 18.7 Å². The van der Waals surface area contributed by atoms with Crippen molar-refractivity contribution in [3.8, 4) is 10.6 Å². The van der Waals surface area contributed by atoms with Crippen LogP contribution in [0.3, 0.4) is 0 Å². The monoisotopic (exact) mass is 311 g/mol. The Morgan fingerprint density at radius 2 is 2.10 bits per heavy atom. The molecular weight excluding hydrogens is 296 g/mol. The van der Waals surface area contributed by atoms with Crippen molar-refractivity contribution >= 4 is 17.3 Å². The van der Waals surface area contributed by atoms with Crippen LogP contribution >= 0.6 is 11.3 Å². The van der Waals surface area contributed by atoms with E-state index in [-0.39, 0.29) is 16.4 Å². The van der Waals surface area contributed by atoms with Gasteiger partial charge >= 0.3 is 5.97 Å². The van der Waals surface area contributed by atoms with Crippen LogP contribution in [0.4, 0.5) is 8.78 Å². The number of halogens is 2. The van der Waals surface area contributed by atoms with Crippen LogP contribution in [0.5, 0.6) is 0 Å². The maximum Gasteiger partial charge on any atom is 0.347 e. The molecule has 0 atom stereocenters. The second-order valence-corrected chi connectivity index (χ2v) is 6.12. The Bertz CT molecular complexity index is 653. The minimum absolute atomic E-state index is 0.0926. The van der Waals surface area contributed by atoms with Crippen LogP contribution in [0.2, 0.25) is 0 Å². The Morgan fingerprint density at radius 3 is 2.67 bits per heavy atom. The second-order valence-electron chi connectivity index (χ2n) is 5.12. The van der Waals surface area contributed by atoms with Gasteiger partial charge < -0.3 is 5.11 Å². The molecule has 0 bridgehead atoms. The maximum atomic E-state index is 12.7. The van der Waals surface area contributed by atoms with Crippen molar-refractivity contribution in [1.82, 2.24) is 4.98 Å². The lowest BCUT2D eigenvalue weighted by Gasteiger charge is -2.02. The number of carboxylic acids is 1. The average molecular weight is 311 g/mol. The van der Waals surface area contributed by atoms with Gasteiger partial charge in [0.25, 0.3) is 6.43 Å². The summed E-state index contributed by atoms with van der Waals surface area (Å²) >= 11 is 1.03. The largest absolute Gasteiger partial charge is 0.477 e. The number of nitrogens with zero attached hydrogens (tertiary/aromatic N) is 1. The molecule has 0 aliphatic heterocycles. The molecule has 0 spiro atoms. The third-order valence-electron chi connectivity index (χ3n) is 2.88. The molecule has 0 aliphatic carbocycles. The van der Waals surface area contributed by atoms with Gasteiger partial charge in [0.1, 0.15) is 9.88 Å². The topological polar surface area (TPSA) is 50.2 Å². The standard InChI is InChI=1S/C15H15F2NO2S/c1-8(2)6-11-12(15(19)20)21-14(18-11)10-5-3-4-9(7-10)13(16)17/h3-5,7-8,13H,6H2,1-2H3,(H,19,20). The first-order chi connectivity index (χ1) is 9.88. The number of carbonyl (C=O) groups is 1. The number of hydrogen-bond acceptors (Lipinski definition) is 3. The number of aromatic carboxylic acids is 1. The van der Waals surface area contributed by atoms with Gasteiger partial charge in [0.2, 0.25) is 0 Å². The highest BCUT2D eigenvalue weighted by Crippen LogP contribution is 2.31. The minimum Gasteiger partial charge on any atom is -0.477 e. The van der Waals surface area contributed by atoms with Crippen molar-refractivity contribution in [2.75, 3.05) is 0 Å². The SMILES string of the molecule is CC(C)Cc1nc(-c2cccc(C(F)F)c2)sc1C(=O)O. The van der Waals surface area contributed by atoms with Crippen LogP contribution in [0.1, 0.15) is 41.2 Å². The number of rotatable bonds is 5. The summed E-state index contributed by atoms with van der Waals surface area (Å²) < 4.78 is 25.5. The smallest absolute Gasteiger partial charge is 0.347 e. The first-order valence-electron chi connectivity index (χ1n) is 6.50. The highest BCUT2D eigenvalue weighted by atomic mass is 32.1. The highest BCUT2D eigenvalue weighted by Gasteiger charge is 2.19. The van der Waals surface area contributed by atoms with Crippen LogP contribution in [0, 0.1) is 5.92 Å². The Kier molecular flexibility index (Phi) is 4.67. The summed E-state index contributed by atoms with van der Waals surface area (Å²) in [5.74, 6) is -0.759. The van der Waals surface area contributed by atoms with Gasteiger partial charge in [-0.05, 0) is 18.4 Å². The van der Waals surface area contributed by atoms with E-state index in [4.69, 9.17) is 0 Å². The zero-order valence-corrected chi connectivity index (χ0v) is 12.5. The second kappa shape index (κ2) is 6.30. The third-order valence-corrected chi connectivity index (χ3v) is 4.01. The first kappa shape index (κ1) is 15.6. The van der Waals surface area contributed by atoms with E-state index in [1.54, 1.807) is 6.07 Å². The Labute approximate surface area is 125 Å². The summed E-state index contributed by atoms with van der Waals surface area (Å²) in [6.07, 6.45) is -2.01. The summed E-state index contributed by atoms with van der Waals surface area (Å²) in [5.41, 5.74) is 0.945. The molecule has 2 rings (SSSR count). The molecule has 1 aromatic carbocycles. The zero-order valence-electron chi connectivity index (χ0n) is 11.6. The van der Waals surface area contributed by atoms with Crippen molar-refractivity contribution in [2.24, 2.45) is 5.92 Å². The summed E-state index contributed by atoms with van der Waals surface area (Å²) in [7, 11) is 0. The van der Waals surface area contributed by atoms with Crippen molar-refractivity contribution in [1.29, 1.82) is 0 Å². The van der Waals surface area contributed by atoms with Crippen LogP contribution in [0.15, 0.2) is 24.3 Å². The van der Waals surface area contributed by atoms with E-state index in [0.717, 1.165) is 11.3 Å². The van der Waals surface area contributed by atoms with Gasteiger partial charge in [-0.1, -0.05) is 32.0 Å². The first-order valence-corrected chi connectivity index (χ1v) is 7.31. The lowest BCUT2D eigenvalue weighted by Crippen LogP contribution is -2.02. The number of aromatic nitrogens is 1. The summed E-state index contributed by atoms with van der Waals surface area (Å²) in [6, 6.07) is 5.89. The summed E-state index contributed by atoms with van der Waals surface area (Å²) in [5, 5.41) is 9.70. The van der Waals surface area contributed by atoms with Gasteiger partial charge in [0, 0.05) is 11.1 Å². The Hall–Kier alpha value is -1.82. The van der Waals surface area contributed by atoms with Gasteiger partial charge in [0.15, 0.2) is 0 Å². The van der Waals surface area contributed by atoms with Crippen molar-refractivity contribution in [3.05, 3.63) is 40.4 Å². The van der Waals surface area contributed by atoms with Crippen LogP contribution < -0.4 is 0 Å². The molecule has 21 heavy (non-hydrogen) atoms. The normalized spacial score (nSPS) is 11.3. The molecule has 0 amide bonds. The predicted octanol–water partition coefficient (Wildman–Crippen LogP) is 4.64. The lowest BCUT2D eigenvalue weighted by atomic mass is 10.1. The molecular formula is C15H15F2NO2S. The fourth-order valence-electron chi connectivity index (χ4n) is 1.97. The molecule has 1 aromatic heterocycles. The quantitative estimate of drug-likeness (QED) is 0.875. The maximum absolute atomic E-state index is 12.7. The van der Waals surface area contributed by atoms with Gasteiger partial charge in [-0.15, -0.1) is 11.3 Å². The predicted molar refractivity (Wildman–Crippen MR) is 78.0 cm³/mol. The van der Waals surface area contributed by atoms with E-state index in [0.29, 0.717) is 22.7 Å². The van der Waals surface area contributed by atoms with Crippen LogP contribution in [-0.2, 0) is 6.42 Å². The molecule has 0 fully saturated rings. The molecule has 6 heteroatoms. The van der Waals surface area contributed by atoms with Crippen molar-refractivity contribution in [2.45, 2.75) is 26.7 Å². The molecule has 1 N–H and O–H groups in total. The third kappa shape index (κ3) is 3.64. The Balaban J connectivity index is 2.44. The van der Waals surface area contributed by atoms with Gasteiger partial charge in [-0.25, -0.2) is 18.6 Å². The number of hydrogen-bond donors (Lipinski definition) is 1. The molecule has 0 saturated heterocycles.